The van der Waals surface area contributed by atoms with Crippen LogP contribution in [0.4, 0.5) is 10.1 Å². The number of halogens is 1. The molecule has 2 heterocycles. The van der Waals surface area contributed by atoms with Gasteiger partial charge in [-0.1, -0.05) is 24.3 Å². The molecule has 27 heavy (non-hydrogen) atoms. The zero-order valence-corrected chi connectivity index (χ0v) is 15.6. The lowest BCUT2D eigenvalue weighted by molar-refractivity contribution is 0.0996. The molecule has 0 bridgehead atoms. The van der Waals surface area contributed by atoms with Gasteiger partial charge in [-0.05, 0) is 48.7 Å². The van der Waals surface area contributed by atoms with Gasteiger partial charge in [-0.15, -0.1) is 10.2 Å². The molecule has 0 radical (unpaired) electrons. The number of amides is 1. The molecule has 4 rings (SSSR count). The van der Waals surface area contributed by atoms with E-state index in [1.54, 1.807) is 41.0 Å². The lowest BCUT2D eigenvalue weighted by Crippen LogP contribution is -2.25. The molecule has 0 aliphatic carbocycles. The summed E-state index contributed by atoms with van der Waals surface area (Å²) >= 11 is 0. The van der Waals surface area contributed by atoms with Gasteiger partial charge in [0.25, 0.3) is 5.91 Å². The second-order valence-electron chi connectivity index (χ2n) is 7.27. The predicted molar refractivity (Wildman–Crippen MR) is 101 cm³/mol. The van der Waals surface area contributed by atoms with Gasteiger partial charge in [0.05, 0.1) is 6.54 Å². The Morgan fingerprint density at radius 3 is 2.70 bits per heavy atom. The molecule has 1 unspecified atom stereocenters. The fraction of sp³-hybridized carbons (Fsp3) is 0.286. The van der Waals surface area contributed by atoms with Crippen LogP contribution in [-0.4, -0.2) is 20.7 Å². The van der Waals surface area contributed by atoms with E-state index >= 15 is 4.39 Å². The summed E-state index contributed by atoms with van der Waals surface area (Å²) < 4.78 is 17.2. The third-order valence-electron chi connectivity index (χ3n) is 5.26. The van der Waals surface area contributed by atoms with Crippen molar-refractivity contribution < 1.29 is 9.18 Å². The number of nitrogens with zero attached hydrogens (tertiary/aromatic N) is 4. The fourth-order valence-electron chi connectivity index (χ4n) is 3.56. The number of hydrogen-bond donors (Lipinski definition) is 0. The van der Waals surface area contributed by atoms with E-state index in [4.69, 9.17) is 0 Å². The summed E-state index contributed by atoms with van der Waals surface area (Å²) in [4.78, 5) is 14.5. The molecule has 0 N–H and O–H groups in total. The number of anilines is 1. The Morgan fingerprint density at radius 1 is 1.22 bits per heavy atom. The summed E-state index contributed by atoms with van der Waals surface area (Å²) in [5.41, 5.74) is 2.45. The maximum atomic E-state index is 15.5. The highest BCUT2D eigenvalue weighted by Gasteiger charge is 2.32. The molecule has 0 spiro atoms. The Hall–Kier alpha value is -3.02. The second-order valence-corrected chi connectivity index (χ2v) is 7.27. The second kappa shape index (κ2) is 6.30. The minimum Gasteiger partial charge on any atom is -0.321 e. The monoisotopic (exact) mass is 364 g/mol. The molecule has 1 amide bonds. The Kier molecular flexibility index (Phi) is 4.06. The van der Waals surface area contributed by atoms with E-state index in [0.717, 1.165) is 16.7 Å². The molecule has 1 aliphatic heterocycles. The topological polar surface area (TPSA) is 51.0 Å². The predicted octanol–water partition coefficient (Wildman–Crippen LogP) is 3.71. The van der Waals surface area contributed by atoms with Gasteiger partial charge in [0.1, 0.15) is 17.8 Å². The zero-order chi connectivity index (χ0) is 19.2. The van der Waals surface area contributed by atoms with E-state index in [1.807, 2.05) is 31.2 Å². The number of benzene rings is 2. The van der Waals surface area contributed by atoms with Gasteiger partial charge < -0.3 is 9.47 Å². The normalized spacial score (nSPS) is 15.7. The summed E-state index contributed by atoms with van der Waals surface area (Å²) in [6.45, 7) is 4.05. The quantitative estimate of drug-likeness (QED) is 0.709. The number of fused-ring (bicyclic) bond motifs is 1. The van der Waals surface area contributed by atoms with E-state index in [9.17, 15) is 4.79 Å². The van der Waals surface area contributed by atoms with E-state index in [2.05, 4.69) is 10.2 Å². The van der Waals surface area contributed by atoms with Crippen molar-refractivity contribution in [2.45, 2.75) is 32.5 Å². The van der Waals surface area contributed by atoms with E-state index in [0.29, 0.717) is 23.6 Å². The third kappa shape index (κ3) is 3.01. The van der Waals surface area contributed by atoms with Crippen molar-refractivity contribution in [2.75, 3.05) is 4.90 Å². The smallest absolute Gasteiger partial charge is 0.258 e. The van der Waals surface area contributed by atoms with Crippen LogP contribution in [0.25, 0.3) is 0 Å². The van der Waals surface area contributed by atoms with Crippen LogP contribution in [-0.2, 0) is 25.7 Å². The molecule has 2 aromatic carbocycles. The first-order valence-electron chi connectivity index (χ1n) is 8.89. The average molecular weight is 364 g/mol. The first kappa shape index (κ1) is 17.4. The number of aromatic nitrogens is 3. The Balaban J connectivity index is 1.65. The van der Waals surface area contributed by atoms with Gasteiger partial charge in [-0.3, -0.25) is 4.79 Å². The highest BCUT2D eigenvalue weighted by Crippen LogP contribution is 2.35. The number of rotatable bonds is 4. The van der Waals surface area contributed by atoms with E-state index in [-0.39, 0.29) is 12.3 Å². The van der Waals surface area contributed by atoms with Crippen LogP contribution in [0.5, 0.6) is 0 Å². The Morgan fingerprint density at radius 2 is 2.00 bits per heavy atom. The molecule has 5 nitrogen and oxygen atoms in total. The molecule has 6 heteroatoms. The molecule has 0 saturated heterocycles. The highest BCUT2D eigenvalue weighted by atomic mass is 19.1. The SMILES string of the molecule is Cc1cccc2c1CN(c1cccc(C(C)(F)Cc3nncn3C)c1)C2=O. The molecule has 3 aromatic rings. The first-order valence-corrected chi connectivity index (χ1v) is 8.89. The fourth-order valence-corrected chi connectivity index (χ4v) is 3.56. The van der Waals surface area contributed by atoms with Crippen molar-refractivity contribution >= 4 is 11.6 Å². The van der Waals surface area contributed by atoms with Crippen molar-refractivity contribution in [1.29, 1.82) is 0 Å². The molecule has 1 atom stereocenters. The first-order chi connectivity index (χ1) is 12.9. The number of carbonyl (C=O) groups is 1. The van der Waals surface area contributed by atoms with Gasteiger partial charge in [0.2, 0.25) is 0 Å². The van der Waals surface area contributed by atoms with Crippen molar-refractivity contribution in [3.05, 3.63) is 76.9 Å². The van der Waals surface area contributed by atoms with Crippen LogP contribution in [0.15, 0.2) is 48.8 Å². The van der Waals surface area contributed by atoms with Crippen LogP contribution in [0.2, 0.25) is 0 Å². The van der Waals surface area contributed by atoms with Crippen molar-refractivity contribution in [3.8, 4) is 0 Å². The van der Waals surface area contributed by atoms with E-state index < -0.39 is 5.67 Å². The van der Waals surface area contributed by atoms with Gasteiger partial charge in [0, 0.05) is 24.7 Å². The highest BCUT2D eigenvalue weighted by molar-refractivity contribution is 6.10. The van der Waals surface area contributed by atoms with Crippen molar-refractivity contribution in [3.63, 3.8) is 0 Å². The summed E-state index contributed by atoms with van der Waals surface area (Å²) in [7, 11) is 1.80. The van der Waals surface area contributed by atoms with Crippen LogP contribution < -0.4 is 4.90 Å². The van der Waals surface area contributed by atoms with Gasteiger partial charge in [-0.25, -0.2) is 4.39 Å². The van der Waals surface area contributed by atoms with Crippen LogP contribution in [0, 0.1) is 6.92 Å². The molecule has 0 fully saturated rings. The third-order valence-corrected chi connectivity index (χ3v) is 5.26. The van der Waals surface area contributed by atoms with Crippen LogP contribution in [0.3, 0.4) is 0 Å². The van der Waals surface area contributed by atoms with E-state index in [1.165, 1.54) is 6.92 Å². The summed E-state index contributed by atoms with van der Waals surface area (Å²) in [6, 6.07) is 12.9. The average Bonchev–Trinajstić information content (AvgIpc) is 3.19. The Bertz CT molecular complexity index is 1020. The minimum atomic E-state index is -1.62. The number of carbonyl (C=O) groups excluding carboxylic acids is 1. The maximum absolute atomic E-state index is 15.5. The Labute approximate surface area is 157 Å². The van der Waals surface area contributed by atoms with Gasteiger partial charge in [-0.2, -0.15) is 0 Å². The van der Waals surface area contributed by atoms with Crippen LogP contribution in [0.1, 0.15) is 39.8 Å². The standard InChI is InChI=1S/C21H21FN4O/c1-14-6-4-9-17-18(14)12-26(20(17)27)16-8-5-7-15(10-16)21(2,22)11-19-24-23-13-25(19)3/h4-10,13H,11-12H2,1-3H3. The number of hydrogen-bond acceptors (Lipinski definition) is 3. The largest absolute Gasteiger partial charge is 0.321 e. The number of alkyl halides is 1. The zero-order valence-electron chi connectivity index (χ0n) is 15.6. The summed E-state index contributed by atoms with van der Waals surface area (Å²) in [5, 5.41) is 7.80. The molecular weight excluding hydrogens is 343 g/mol. The molecule has 1 aromatic heterocycles. The van der Waals surface area contributed by atoms with Gasteiger partial charge >= 0.3 is 0 Å². The van der Waals surface area contributed by atoms with Crippen molar-refractivity contribution in [1.82, 2.24) is 14.8 Å². The maximum Gasteiger partial charge on any atom is 0.258 e. The minimum absolute atomic E-state index is 0.0419. The summed E-state index contributed by atoms with van der Waals surface area (Å²) in [5.74, 6) is 0.533. The van der Waals surface area contributed by atoms with Crippen LogP contribution >= 0.6 is 0 Å². The van der Waals surface area contributed by atoms with Gasteiger partial charge in [0.15, 0.2) is 0 Å². The molecule has 0 saturated carbocycles. The molecule has 138 valence electrons. The molecular formula is C21H21FN4O. The lowest BCUT2D eigenvalue weighted by atomic mass is 9.93. The summed E-state index contributed by atoms with van der Waals surface area (Å²) in [6.07, 6.45) is 1.67. The lowest BCUT2D eigenvalue weighted by Gasteiger charge is -2.23. The number of aryl methyl sites for hydroxylation is 2. The van der Waals surface area contributed by atoms with Crippen molar-refractivity contribution in [2.24, 2.45) is 7.05 Å². The molecule has 1 aliphatic rings.